The summed E-state index contributed by atoms with van der Waals surface area (Å²) in [6.07, 6.45) is 9.16. The lowest BCUT2D eigenvalue weighted by atomic mass is 9.84. The second kappa shape index (κ2) is 11.8. The van der Waals surface area contributed by atoms with E-state index in [4.69, 9.17) is 19.7 Å². The van der Waals surface area contributed by atoms with Crippen molar-refractivity contribution in [2.24, 2.45) is 5.92 Å². The summed E-state index contributed by atoms with van der Waals surface area (Å²) >= 11 is 0. The lowest BCUT2D eigenvalue weighted by Crippen LogP contribution is -2.47. The Labute approximate surface area is 196 Å². The van der Waals surface area contributed by atoms with E-state index in [2.05, 4.69) is 21.2 Å². The molecule has 0 spiro atoms. The molecule has 2 aliphatic carbocycles. The van der Waals surface area contributed by atoms with Gasteiger partial charge in [0.15, 0.2) is 11.5 Å². The van der Waals surface area contributed by atoms with Crippen molar-refractivity contribution in [3.05, 3.63) is 18.2 Å². The van der Waals surface area contributed by atoms with Crippen LogP contribution in [0.4, 0.5) is 10.5 Å². The predicted molar refractivity (Wildman–Crippen MR) is 127 cm³/mol. The molecule has 8 nitrogen and oxygen atoms in total. The third-order valence-electron chi connectivity index (χ3n) is 7.44. The third kappa shape index (κ3) is 6.90. The monoisotopic (exact) mass is 461 g/mol. The Morgan fingerprint density at radius 1 is 1.00 bits per heavy atom. The second-order valence-electron chi connectivity index (χ2n) is 9.73. The number of piperazine rings is 1. The van der Waals surface area contributed by atoms with Crippen LogP contribution in [0.15, 0.2) is 18.2 Å². The van der Waals surface area contributed by atoms with Crippen LogP contribution in [0.5, 0.6) is 11.5 Å². The van der Waals surface area contributed by atoms with E-state index in [0.29, 0.717) is 6.79 Å². The van der Waals surface area contributed by atoms with E-state index >= 15 is 0 Å². The molecule has 2 saturated carbocycles. The van der Waals surface area contributed by atoms with Gasteiger partial charge in [-0.05, 0) is 69.5 Å². The fourth-order valence-corrected chi connectivity index (χ4v) is 5.42. The molecule has 0 unspecified atom stereocenters. The number of para-hydroxylation sites is 1. The van der Waals surface area contributed by atoms with Gasteiger partial charge in [0, 0.05) is 32.2 Å². The van der Waals surface area contributed by atoms with Crippen LogP contribution in [0.1, 0.15) is 57.8 Å². The van der Waals surface area contributed by atoms with E-state index in [0.717, 1.165) is 94.4 Å². The summed E-state index contributed by atoms with van der Waals surface area (Å²) in [5, 5.41) is 20.2. The van der Waals surface area contributed by atoms with Gasteiger partial charge in [-0.2, -0.15) is 0 Å². The maximum atomic E-state index is 10.7. The van der Waals surface area contributed by atoms with Gasteiger partial charge in [-0.1, -0.05) is 18.9 Å². The van der Waals surface area contributed by atoms with Crippen molar-refractivity contribution >= 4 is 11.8 Å². The van der Waals surface area contributed by atoms with Gasteiger partial charge in [-0.3, -0.25) is 4.90 Å². The lowest BCUT2D eigenvalue weighted by Gasteiger charge is -2.37. The molecule has 1 saturated heterocycles. The smallest absolute Gasteiger partial charge is 0.404 e. The van der Waals surface area contributed by atoms with Crippen molar-refractivity contribution in [3.8, 4) is 11.5 Å². The molecular weight excluding hydrogens is 422 g/mol. The molecule has 33 heavy (non-hydrogen) atoms. The normalized spacial score (nSPS) is 25.4. The highest BCUT2D eigenvalue weighted by Crippen LogP contribution is 2.41. The summed E-state index contributed by atoms with van der Waals surface area (Å²) in [4.78, 5) is 15.7. The van der Waals surface area contributed by atoms with Crippen molar-refractivity contribution in [2.75, 3.05) is 44.4 Å². The predicted octanol–water partition coefficient (Wildman–Crippen LogP) is 3.68. The van der Waals surface area contributed by atoms with Gasteiger partial charge in [0.25, 0.3) is 0 Å². The first kappa shape index (κ1) is 24.0. The quantitative estimate of drug-likeness (QED) is 0.616. The number of amides is 1. The molecule has 5 rings (SSSR count). The van der Waals surface area contributed by atoms with Crippen molar-refractivity contribution in [1.29, 1.82) is 0 Å². The molecule has 1 aromatic carbocycles. The molecule has 1 aromatic rings. The summed E-state index contributed by atoms with van der Waals surface area (Å²) in [6.45, 7) is 5.61. The van der Waals surface area contributed by atoms with Gasteiger partial charge in [0.05, 0.1) is 11.8 Å². The number of anilines is 1. The number of nitrogens with zero attached hydrogens (tertiary/aromatic N) is 2. The molecule has 0 bridgehead atoms. The van der Waals surface area contributed by atoms with Crippen LogP contribution < -0.4 is 19.7 Å². The highest BCUT2D eigenvalue weighted by Gasteiger charge is 2.26. The van der Waals surface area contributed by atoms with Gasteiger partial charge < -0.3 is 29.9 Å². The van der Waals surface area contributed by atoms with Crippen LogP contribution in [0, 0.1) is 5.92 Å². The Hall–Kier alpha value is -2.19. The minimum atomic E-state index is -0.891. The number of aliphatic hydroxyl groups excluding tert-OH is 1. The average Bonchev–Trinajstić information content (AvgIpc) is 3.50. The number of hydrogen-bond acceptors (Lipinski definition) is 6. The molecule has 3 N–H and O–H groups in total. The Kier molecular flexibility index (Phi) is 8.56. The van der Waals surface area contributed by atoms with E-state index in [-0.39, 0.29) is 12.1 Å². The molecule has 3 fully saturated rings. The van der Waals surface area contributed by atoms with Crippen LogP contribution in [0.2, 0.25) is 0 Å². The van der Waals surface area contributed by atoms with E-state index < -0.39 is 6.09 Å². The number of carbonyl (C=O) groups is 1. The summed E-state index contributed by atoms with van der Waals surface area (Å²) < 4.78 is 11.1. The Morgan fingerprint density at radius 3 is 2.36 bits per heavy atom. The summed E-state index contributed by atoms with van der Waals surface area (Å²) in [5.41, 5.74) is 1.15. The zero-order valence-corrected chi connectivity index (χ0v) is 19.6. The van der Waals surface area contributed by atoms with E-state index in [9.17, 15) is 4.79 Å². The largest absolute Gasteiger partial charge is 0.465 e. The molecule has 2 aliphatic heterocycles. The van der Waals surface area contributed by atoms with Gasteiger partial charge in [-0.25, -0.2) is 4.79 Å². The van der Waals surface area contributed by atoms with Crippen LogP contribution in [0.3, 0.4) is 0 Å². The zero-order valence-electron chi connectivity index (χ0n) is 19.6. The average molecular weight is 462 g/mol. The molecule has 4 aliphatic rings. The fourth-order valence-electron chi connectivity index (χ4n) is 5.42. The standard InChI is InChI=1S/C20H29N3O4.C5H10O/c24-20(25)21-16-6-4-15(5-7-16)8-9-22-10-12-23(13-11-22)17-2-1-3-18-19(17)27-14-26-18;6-5-3-1-2-4-5/h1-3,15-16,21H,4-14H2,(H,24,25);5-6H,1-4H2. The Balaban J connectivity index is 0.000000376. The molecule has 0 atom stereocenters. The molecule has 0 radical (unpaired) electrons. The maximum Gasteiger partial charge on any atom is 0.404 e. The number of benzene rings is 1. The van der Waals surface area contributed by atoms with Crippen molar-refractivity contribution in [1.82, 2.24) is 10.2 Å². The molecule has 1 amide bonds. The first-order chi connectivity index (χ1) is 16.1. The van der Waals surface area contributed by atoms with Crippen LogP contribution >= 0.6 is 0 Å². The number of aliphatic hydroxyl groups is 1. The van der Waals surface area contributed by atoms with Crippen LogP contribution in [0.25, 0.3) is 0 Å². The van der Waals surface area contributed by atoms with Crippen molar-refractivity contribution in [2.45, 2.75) is 69.9 Å². The second-order valence-corrected chi connectivity index (χ2v) is 9.73. The minimum absolute atomic E-state index is 0.0463. The highest BCUT2D eigenvalue weighted by atomic mass is 16.7. The summed E-state index contributed by atoms with van der Waals surface area (Å²) in [5.74, 6) is 2.47. The van der Waals surface area contributed by atoms with Gasteiger partial charge >= 0.3 is 6.09 Å². The van der Waals surface area contributed by atoms with Gasteiger partial charge in [-0.15, -0.1) is 0 Å². The SMILES string of the molecule is O=C(O)NC1CCC(CCN2CCN(c3cccc4c3OCO4)CC2)CC1.OC1CCCC1. The number of ether oxygens (including phenoxy) is 2. The first-order valence-corrected chi connectivity index (χ1v) is 12.6. The van der Waals surface area contributed by atoms with Crippen LogP contribution in [-0.2, 0) is 0 Å². The van der Waals surface area contributed by atoms with Crippen LogP contribution in [-0.4, -0.2) is 72.9 Å². The molecule has 8 heteroatoms. The fraction of sp³-hybridized carbons (Fsp3) is 0.720. The Morgan fingerprint density at radius 2 is 1.73 bits per heavy atom. The van der Waals surface area contributed by atoms with E-state index in [1.54, 1.807) is 0 Å². The van der Waals surface area contributed by atoms with Crippen molar-refractivity contribution < 1.29 is 24.5 Å². The number of carboxylic acid groups (broad SMARTS) is 1. The zero-order chi connectivity index (χ0) is 23.0. The van der Waals surface area contributed by atoms with E-state index in [1.807, 2.05) is 12.1 Å². The lowest BCUT2D eigenvalue weighted by molar-refractivity contribution is 0.173. The highest BCUT2D eigenvalue weighted by molar-refractivity contribution is 5.66. The number of nitrogens with one attached hydrogen (secondary N) is 1. The third-order valence-corrected chi connectivity index (χ3v) is 7.44. The minimum Gasteiger partial charge on any atom is -0.465 e. The van der Waals surface area contributed by atoms with E-state index in [1.165, 1.54) is 19.3 Å². The van der Waals surface area contributed by atoms with Crippen molar-refractivity contribution in [3.63, 3.8) is 0 Å². The first-order valence-electron chi connectivity index (χ1n) is 12.6. The van der Waals surface area contributed by atoms with Gasteiger partial charge in [0.2, 0.25) is 6.79 Å². The number of hydrogen-bond donors (Lipinski definition) is 3. The topological polar surface area (TPSA) is 94.5 Å². The summed E-state index contributed by atoms with van der Waals surface area (Å²) in [6, 6.07) is 6.27. The summed E-state index contributed by atoms with van der Waals surface area (Å²) in [7, 11) is 0. The maximum absolute atomic E-state index is 10.7. The Bertz CT molecular complexity index is 754. The molecular formula is C25H39N3O5. The van der Waals surface area contributed by atoms with Gasteiger partial charge in [0.1, 0.15) is 0 Å². The molecule has 2 heterocycles. The molecule has 184 valence electrons. The molecule has 0 aromatic heterocycles. The number of rotatable bonds is 5. The number of fused-ring (bicyclic) bond motifs is 1.